The molecule has 0 aliphatic heterocycles. The van der Waals surface area contributed by atoms with Crippen LogP contribution in [0.15, 0.2) is 41.0 Å². The highest BCUT2D eigenvalue weighted by atomic mass is 79.9. The minimum atomic E-state index is -0.590. The second-order valence-corrected chi connectivity index (χ2v) is 4.77. The Hall–Kier alpha value is -2.52. The topological polar surface area (TPSA) is 123 Å². The Morgan fingerprint density at radius 2 is 2.14 bits per heavy atom. The molecule has 1 amide bonds. The van der Waals surface area contributed by atoms with E-state index in [1.54, 1.807) is 12.1 Å². The van der Waals surface area contributed by atoms with Crippen LogP contribution in [0.2, 0.25) is 0 Å². The van der Waals surface area contributed by atoms with Gasteiger partial charge in [0.05, 0.1) is 20.6 Å². The average Bonchev–Trinajstić information content (AvgIpc) is 2.48. The number of nitrogens with two attached hydrogens (primary N) is 1. The summed E-state index contributed by atoms with van der Waals surface area (Å²) in [7, 11) is 0. The Morgan fingerprint density at radius 3 is 2.76 bits per heavy atom. The number of carbonyl (C=O) groups is 1. The minimum Gasteiger partial charge on any atom is -0.323 e. The van der Waals surface area contributed by atoms with Crippen LogP contribution in [0, 0.1) is 10.1 Å². The second-order valence-electron chi connectivity index (χ2n) is 3.92. The van der Waals surface area contributed by atoms with E-state index in [1.165, 1.54) is 18.3 Å². The van der Waals surface area contributed by atoms with Crippen molar-refractivity contribution in [1.82, 2.24) is 4.98 Å². The molecule has 0 saturated heterocycles. The molecule has 0 saturated carbocycles. The predicted molar refractivity (Wildman–Crippen MR) is 80.8 cm³/mol. The predicted octanol–water partition coefficient (Wildman–Crippen LogP) is 2.29. The van der Waals surface area contributed by atoms with Crippen molar-refractivity contribution in [3.63, 3.8) is 0 Å². The number of nitrogens with zero attached hydrogens (tertiary/aromatic N) is 2. The summed E-state index contributed by atoms with van der Waals surface area (Å²) >= 11 is 3.24. The number of nitrogens with one attached hydrogen (secondary N) is 2. The van der Waals surface area contributed by atoms with Crippen molar-refractivity contribution in [3.8, 4) is 0 Å². The van der Waals surface area contributed by atoms with Gasteiger partial charge in [-0.1, -0.05) is 0 Å². The lowest BCUT2D eigenvalue weighted by Crippen LogP contribution is -2.18. The Bertz CT molecular complexity index is 707. The minimum absolute atomic E-state index is 0.0456. The van der Waals surface area contributed by atoms with E-state index >= 15 is 0 Å². The number of non-ortho nitro benzene ring substituents is 1. The Kier molecular flexibility index (Phi) is 4.45. The standard InChI is InChI=1S/C12H10BrN5O3/c13-9-2-1-5-15-11(9)16-12(19)8-6-7(18(20)21)3-4-10(8)17-14/h1-6,17H,14H2,(H,15,16,19). The van der Waals surface area contributed by atoms with Crippen LogP contribution < -0.4 is 16.6 Å². The van der Waals surface area contributed by atoms with Crippen LogP contribution in [0.3, 0.4) is 0 Å². The number of hydrazine groups is 1. The summed E-state index contributed by atoms with van der Waals surface area (Å²) in [5, 5.41) is 13.3. The zero-order valence-electron chi connectivity index (χ0n) is 10.5. The number of nitro benzene ring substituents is 1. The number of anilines is 2. The number of nitro groups is 1. The molecule has 9 heteroatoms. The van der Waals surface area contributed by atoms with Gasteiger partial charge in [-0.3, -0.25) is 20.8 Å². The lowest BCUT2D eigenvalue weighted by atomic mass is 10.1. The number of amides is 1. The van der Waals surface area contributed by atoms with Gasteiger partial charge in [-0.05, 0) is 34.1 Å². The van der Waals surface area contributed by atoms with Crippen molar-refractivity contribution in [2.45, 2.75) is 0 Å². The number of benzene rings is 1. The van der Waals surface area contributed by atoms with Crippen LogP contribution >= 0.6 is 15.9 Å². The lowest BCUT2D eigenvalue weighted by Gasteiger charge is -2.10. The smallest absolute Gasteiger partial charge is 0.270 e. The molecular formula is C12H10BrN5O3. The van der Waals surface area contributed by atoms with Crippen LogP contribution in [0.1, 0.15) is 10.4 Å². The third kappa shape index (κ3) is 3.33. The molecule has 4 N–H and O–H groups in total. The SMILES string of the molecule is NNc1ccc([N+](=O)[O-])cc1C(=O)Nc1ncccc1Br. The third-order valence-electron chi connectivity index (χ3n) is 2.60. The highest BCUT2D eigenvalue weighted by Crippen LogP contribution is 2.24. The zero-order chi connectivity index (χ0) is 15.4. The Morgan fingerprint density at radius 1 is 1.38 bits per heavy atom. The molecule has 0 atom stereocenters. The van der Waals surface area contributed by atoms with Gasteiger partial charge in [-0.15, -0.1) is 0 Å². The highest BCUT2D eigenvalue weighted by Gasteiger charge is 2.17. The zero-order valence-corrected chi connectivity index (χ0v) is 12.1. The van der Waals surface area contributed by atoms with Gasteiger partial charge in [0.15, 0.2) is 0 Å². The molecule has 1 aromatic carbocycles. The summed E-state index contributed by atoms with van der Waals surface area (Å²) < 4.78 is 0.589. The van der Waals surface area contributed by atoms with Gasteiger partial charge < -0.3 is 10.7 Å². The summed E-state index contributed by atoms with van der Waals surface area (Å²) in [6.07, 6.45) is 1.51. The quantitative estimate of drug-likeness (QED) is 0.441. The lowest BCUT2D eigenvalue weighted by molar-refractivity contribution is -0.384. The average molecular weight is 352 g/mol. The molecule has 0 spiro atoms. The summed E-state index contributed by atoms with van der Waals surface area (Å²) in [4.78, 5) is 26.4. The fraction of sp³-hybridized carbons (Fsp3) is 0. The molecule has 0 aliphatic rings. The maximum Gasteiger partial charge on any atom is 0.270 e. The molecule has 0 aliphatic carbocycles. The van der Waals surface area contributed by atoms with Crippen molar-refractivity contribution in [1.29, 1.82) is 0 Å². The van der Waals surface area contributed by atoms with Crippen LogP contribution in [0.5, 0.6) is 0 Å². The van der Waals surface area contributed by atoms with Gasteiger partial charge in [0, 0.05) is 18.3 Å². The van der Waals surface area contributed by atoms with Crippen LogP contribution in [0.4, 0.5) is 17.2 Å². The van der Waals surface area contributed by atoms with Crippen molar-refractivity contribution >= 4 is 39.0 Å². The number of nitrogen functional groups attached to an aromatic ring is 1. The summed E-state index contributed by atoms with van der Waals surface area (Å²) in [6.45, 7) is 0. The first-order chi connectivity index (χ1) is 10.0. The Balaban J connectivity index is 2.36. The molecule has 2 aromatic rings. The van der Waals surface area contributed by atoms with Gasteiger partial charge in [0.25, 0.3) is 11.6 Å². The molecule has 0 unspecified atom stereocenters. The molecule has 8 nitrogen and oxygen atoms in total. The van der Waals surface area contributed by atoms with Crippen molar-refractivity contribution in [3.05, 3.63) is 56.7 Å². The van der Waals surface area contributed by atoms with Crippen LogP contribution in [-0.4, -0.2) is 15.8 Å². The molecule has 0 bridgehead atoms. The van der Waals surface area contributed by atoms with E-state index in [2.05, 4.69) is 31.7 Å². The number of halogens is 1. The first-order valence-corrected chi connectivity index (χ1v) is 6.49. The highest BCUT2D eigenvalue weighted by molar-refractivity contribution is 9.10. The van der Waals surface area contributed by atoms with E-state index in [9.17, 15) is 14.9 Å². The van der Waals surface area contributed by atoms with E-state index in [-0.39, 0.29) is 16.9 Å². The number of carbonyl (C=O) groups excluding carboxylic acids is 1. The Labute approximate surface area is 127 Å². The number of rotatable bonds is 4. The summed E-state index contributed by atoms with van der Waals surface area (Å²) in [6, 6.07) is 7.16. The monoisotopic (exact) mass is 351 g/mol. The number of hydrogen-bond donors (Lipinski definition) is 3. The molecule has 1 aromatic heterocycles. The van der Waals surface area contributed by atoms with Gasteiger partial charge in [0.1, 0.15) is 5.82 Å². The van der Waals surface area contributed by atoms with E-state index in [0.29, 0.717) is 10.3 Å². The fourth-order valence-electron chi connectivity index (χ4n) is 1.61. The summed E-state index contributed by atoms with van der Waals surface area (Å²) in [5.41, 5.74) is 2.43. The van der Waals surface area contributed by atoms with Gasteiger partial charge in [-0.2, -0.15) is 0 Å². The van der Waals surface area contributed by atoms with Crippen molar-refractivity contribution in [2.75, 3.05) is 10.7 Å². The largest absolute Gasteiger partial charge is 0.323 e. The normalized spacial score (nSPS) is 10.0. The van der Waals surface area contributed by atoms with Crippen molar-refractivity contribution < 1.29 is 9.72 Å². The number of hydrogen-bond acceptors (Lipinski definition) is 6. The summed E-state index contributed by atoms with van der Waals surface area (Å²) in [5.74, 6) is 5.05. The molecule has 2 rings (SSSR count). The van der Waals surface area contributed by atoms with Crippen LogP contribution in [-0.2, 0) is 0 Å². The van der Waals surface area contributed by atoms with Gasteiger partial charge >= 0.3 is 0 Å². The van der Waals surface area contributed by atoms with Gasteiger partial charge in [-0.25, -0.2) is 4.98 Å². The van der Waals surface area contributed by atoms with Gasteiger partial charge in [0.2, 0.25) is 0 Å². The van der Waals surface area contributed by atoms with Crippen molar-refractivity contribution in [2.24, 2.45) is 5.84 Å². The molecule has 0 fully saturated rings. The maximum atomic E-state index is 12.2. The van der Waals surface area contributed by atoms with E-state index in [4.69, 9.17) is 5.84 Å². The number of aromatic nitrogens is 1. The number of pyridine rings is 1. The molecule has 1 heterocycles. The third-order valence-corrected chi connectivity index (χ3v) is 3.24. The fourth-order valence-corrected chi connectivity index (χ4v) is 1.97. The maximum absolute atomic E-state index is 12.2. The molecule has 108 valence electrons. The molecular weight excluding hydrogens is 342 g/mol. The first kappa shape index (κ1) is 14.9. The van der Waals surface area contributed by atoms with Crippen LogP contribution in [0.25, 0.3) is 0 Å². The molecule has 0 radical (unpaired) electrons. The second kappa shape index (κ2) is 6.29. The van der Waals surface area contributed by atoms with E-state index < -0.39 is 10.8 Å². The van der Waals surface area contributed by atoms with E-state index in [0.717, 1.165) is 6.07 Å². The van der Waals surface area contributed by atoms with E-state index in [1.807, 2.05) is 0 Å². The molecule has 21 heavy (non-hydrogen) atoms. The first-order valence-electron chi connectivity index (χ1n) is 5.70.